The Kier molecular flexibility index (Phi) is 9.19. The van der Waals surface area contributed by atoms with Gasteiger partial charge < -0.3 is 10.6 Å². The van der Waals surface area contributed by atoms with Crippen molar-refractivity contribution in [2.45, 2.75) is 24.7 Å². The summed E-state index contributed by atoms with van der Waals surface area (Å²) >= 11 is 0. The van der Waals surface area contributed by atoms with Crippen molar-refractivity contribution in [3.8, 4) is 0 Å². The molecule has 1 amide bonds. The fraction of sp³-hybridized carbons (Fsp3) is 0.462. The van der Waals surface area contributed by atoms with Crippen LogP contribution in [0, 0.1) is 0 Å². The van der Waals surface area contributed by atoms with Crippen molar-refractivity contribution in [2.75, 3.05) is 25.5 Å². The van der Waals surface area contributed by atoms with Crippen LogP contribution in [0.2, 0.25) is 0 Å². The molecular weight excluding hydrogens is 314 g/mol. The Morgan fingerprint density at radius 2 is 1.76 bits per heavy atom. The van der Waals surface area contributed by atoms with Gasteiger partial charge in [-0.1, -0.05) is 6.92 Å². The fourth-order valence-corrected chi connectivity index (χ4v) is 2.60. The summed E-state index contributed by atoms with van der Waals surface area (Å²) < 4.78 is 26.5. The lowest BCUT2D eigenvalue weighted by atomic mass is 10.3. The topological polar surface area (TPSA) is 87.3 Å². The van der Waals surface area contributed by atoms with E-state index in [9.17, 15) is 13.2 Å². The summed E-state index contributed by atoms with van der Waals surface area (Å²) in [4.78, 5) is 11.4. The summed E-state index contributed by atoms with van der Waals surface area (Å²) in [6.45, 7) is 2.89. The highest BCUT2D eigenvalue weighted by molar-refractivity contribution is 7.89. The van der Waals surface area contributed by atoms with E-state index in [1.807, 2.05) is 7.05 Å². The average molecular weight is 336 g/mol. The molecule has 0 aliphatic heterocycles. The fourth-order valence-electron chi connectivity index (χ4n) is 1.52. The Hall–Kier alpha value is -1.15. The second-order valence-corrected chi connectivity index (χ2v) is 6.05. The maximum Gasteiger partial charge on any atom is 0.240 e. The minimum absolute atomic E-state index is 0. The number of rotatable bonds is 8. The quantitative estimate of drug-likeness (QED) is 0.626. The van der Waals surface area contributed by atoms with Gasteiger partial charge in [0.2, 0.25) is 15.9 Å². The highest BCUT2D eigenvalue weighted by Gasteiger charge is 2.12. The number of amides is 1. The molecule has 1 aromatic carbocycles. The second-order valence-electron chi connectivity index (χ2n) is 4.28. The van der Waals surface area contributed by atoms with Crippen LogP contribution in [0.3, 0.4) is 0 Å². The largest absolute Gasteiger partial charge is 0.326 e. The lowest BCUT2D eigenvalue weighted by Crippen LogP contribution is -2.26. The maximum atomic E-state index is 12.0. The van der Waals surface area contributed by atoms with Crippen LogP contribution in [0.1, 0.15) is 19.8 Å². The molecule has 0 saturated carbocycles. The first kappa shape index (κ1) is 19.9. The van der Waals surface area contributed by atoms with E-state index in [0.29, 0.717) is 18.7 Å². The number of hydrogen-bond donors (Lipinski definition) is 3. The summed E-state index contributed by atoms with van der Waals surface area (Å²) in [6.07, 6.45) is 1.10. The van der Waals surface area contributed by atoms with Gasteiger partial charge in [-0.3, -0.25) is 4.79 Å². The highest BCUT2D eigenvalue weighted by Crippen LogP contribution is 2.14. The lowest BCUT2D eigenvalue weighted by molar-refractivity contribution is -0.115. The molecule has 1 rings (SSSR count). The van der Waals surface area contributed by atoms with Crippen LogP contribution < -0.4 is 15.4 Å². The first-order valence-corrected chi connectivity index (χ1v) is 8.02. The number of nitrogens with one attached hydrogen (secondary N) is 3. The van der Waals surface area contributed by atoms with Gasteiger partial charge in [0.25, 0.3) is 0 Å². The van der Waals surface area contributed by atoms with Crippen LogP contribution >= 0.6 is 12.4 Å². The molecule has 8 heteroatoms. The molecule has 0 aliphatic rings. The van der Waals surface area contributed by atoms with Crippen LogP contribution in [0.4, 0.5) is 5.69 Å². The molecule has 21 heavy (non-hydrogen) atoms. The van der Waals surface area contributed by atoms with Gasteiger partial charge in [-0.2, -0.15) is 0 Å². The molecule has 0 aromatic heterocycles. The lowest BCUT2D eigenvalue weighted by Gasteiger charge is -2.08. The number of benzene rings is 1. The Labute approximate surface area is 132 Å². The van der Waals surface area contributed by atoms with E-state index in [4.69, 9.17) is 0 Å². The summed E-state index contributed by atoms with van der Waals surface area (Å²) in [6, 6.07) is 6.11. The van der Waals surface area contributed by atoms with Gasteiger partial charge in [0.15, 0.2) is 0 Å². The molecule has 0 spiro atoms. The average Bonchev–Trinajstić information content (AvgIpc) is 2.44. The van der Waals surface area contributed by atoms with Crippen LogP contribution in [0.25, 0.3) is 0 Å². The van der Waals surface area contributed by atoms with Crippen molar-refractivity contribution >= 4 is 34.0 Å². The molecule has 120 valence electrons. The van der Waals surface area contributed by atoms with E-state index < -0.39 is 10.0 Å². The standard InChI is InChI=1S/C13H21N3O3S.ClH/c1-3-13(17)16-11-5-7-12(8-6-11)20(18,19)15-10-4-9-14-2;/h5-8,14-15H,3-4,9-10H2,1-2H3,(H,16,17);1H. The van der Waals surface area contributed by atoms with Crippen LogP contribution in [0.5, 0.6) is 0 Å². The van der Waals surface area contributed by atoms with E-state index in [-0.39, 0.29) is 23.2 Å². The van der Waals surface area contributed by atoms with Crippen LogP contribution in [-0.2, 0) is 14.8 Å². The normalized spacial score (nSPS) is 10.8. The molecule has 0 saturated heterocycles. The molecule has 1 aromatic rings. The van der Waals surface area contributed by atoms with Crippen molar-refractivity contribution in [3.63, 3.8) is 0 Å². The van der Waals surface area contributed by atoms with Gasteiger partial charge in [0.1, 0.15) is 0 Å². The van der Waals surface area contributed by atoms with E-state index >= 15 is 0 Å². The molecule has 0 fully saturated rings. The first-order chi connectivity index (χ1) is 9.49. The Morgan fingerprint density at radius 3 is 2.29 bits per heavy atom. The Balaban J connectivity index is 0.00000400. The van der Waals surface area contributed by atoms with Crippen molar-refractivity contribution in [1.29, 1.82) is 0 Å². The molecular formula is C13H22ClN3O3S. The Morgan fingerprint density at radius 1 is 1.14 bits per heavy atom. The molecule has 0 aliphatic carbocycles. The van der Waals surface area contributed by atoms with Crippen molar-refractivity contribution in [1.82, 2.24) is 10.0 Å². The third-order valence-corrected chi connectivity index (χ3v) is 4.14. The van der Waals surface area contributed by atoms with E-state index in [0.717, 1.165) is 13.0 Å². The molecule has 6 nitrogen and oxygen atoms in total. The third-order valence-electron chi connectivity index (χ3n) is 2.67. The van der Waals surface area contributed by atoms with Gasteiger partial charge in [0.05, 0.1) is 4.90 Å². The zero-order valence-corrected chi connectivity index (χ0v) is 13.8. The molecule has 0 atom stereocenters. The SMILES string of the molecule is CCC(=O)Nc1ccc(S(=O)(=O)NCCCNC)cc1.Cl. The number of sulfonamides is 1. The van der Waals surface area contributed by atoms with Gasteiger partial charge in [-0.15, -0.1) is 12.4 Å². The summed E-state index contributed by atoms with van der Waals surface area (Å²) in [5.74, 6) is -0.106. The Bertz CT molecular complexity index is 532. The van der Waals surface area contributed by atoms with Gasteiger partial charge in [0, 0.05) is 18.7 Å². The predicted octanol–water partition coefficient (Wildman–Crippen LogP) is 1.34. The molecule has 0 radical (unpaired) electrons. The van der Waals surface area contributed by atoms with E-state index in [2.05, 4.69) is 15.4 Å². The van der Waals surface area contributed by atoms with Crippen molar-refractivity contribution < 1.29 is 13.2 Å². The van der Waals surface area contributed by atoms with E-state index in [1.54, 1.807) is 19.1 Å². The first-order valence-electron chi connectivity index (χ1n) is 6.53. The summed E-state index contributed by atoms with van der Waals surface area (Å²) in [5, 5.41) is 5.62. The van der Waals surface area contributed by atoms with Crippen molar-refractivity contribution in [2.24, 2.45) is 0 Å². The van der Waals surface area contributed by atoms with Crippen LogP contribution in [0.15, 0.2) is 29.2 Å². The number of halogens is 1. The number of carbonyl (C=O) groups is 1. The summed E-state index contributed by atoms with van der Waals surface area (Å²) in [5.41, 5.74) is 0.589. The van der Waals surface area contributed by atoms with Crippen molar-refractivity contribution in [3.05, 3.63) is 24.3 Å². The van der Waals surface area contributed by atoms with E-state index in [1.165, 1.54) is 12.1 Å². The second kappa shape index (κ2) is 9.73. The summed E-state index contributed by atoms with van der Waals surface area (Å²) in [7, 11) is -1.66. The maximum absolute atomic E-state index is 12.0. The molecule has 3 N–H and O–H groups in total. The smallest absolute Gasteiger partial charge is 0.240 e. The minimum Gasteiger partial charge on any atom is -0.326 e. The minimum atomic E-state index is -3.48. The number of anilines is 1. The monoisotopic (exact) mass is 335 g/mol. The third kappa shape index (κ3) is 6.90. The number of carbonyl (C=O) groups excluding carboxylic acids is 1. The van der Waals surface area contributed by atoms with Gasteiger partial charge in [-0.25, -0.2) is 13.1 Å². The predicted molar refractivity (Wildman–Crippen MR) is 86.3 cm³/mol. The van der Waals surface area contributed by atoms with Gasteiger partial charge in [-0.05, 0) is 44.3 Å². The van der Waals surface area contributed by atoms with Crippen LogP contribution in [-0.4, -0.2) is 34.5 Å². The molecule has 0 bridgehead atoms. The highest BCUT2D eigenvalue weighted by atomic mass is 35.5. The molecule has 0 heterocycles. The zero-order valence-electron chi connectivity index (χ0n) is 12.2. The zero-order chi connectivity index (χ0) is 15.0. The molecule has 0 unspecified atom stereocenters. The van der Waals surface area contributed by atoms with Gasteiger partial charge >= 0.3 is 0 Å². The number of hydrogen-bond acceptors (Lipinski definition) is 4.